The number of carbonyl (C=O) groups is 2. The highest BCUT2D eigenvalue weighted by atomic mass is 16.2. The maximum absolute atomic E-state index is 12.4. The summed E-state index contributed by atoms with van der Waals surface area (Å²) in [6, 6.07) is 8.73. The van der Waals surface area contributed by atoms with Crippen LogP contribution in [0, 0.1) is 0 Å². The minimum atomic E-state index is 0.0417. The molecule has 0 atom stereocenters. The van der Waals surface area contributed by atoms with Gasteiger partial charge in [0.05, 0.1) is 6.54 Å². The molecule has 1 aliphatic heterocycles. The Morgan fingerprint density at radius 2 is 1.77 bits per heavy atom. The predicted octanol–water partition coefficient (Wildman–Crippen LogP) is 2.25. The van der Waals surface area contributed by atoms with E-state index in [2.05, 4.69) is 48.3 Å². The minimum absolute atomic E-state index is 0.0417. The van der Waals surface area contributed by atoms with Crippen LogP contribution in [0.4, 0.5) is 0 Å². The molecule has 1 aromatic rings. The number of rotatable bonds is 6. The normalized spacial score (nSPS) is 18.5. The van der Waals surface area contributed by atoms with Gasteiger partial charge in [0.25, 0.3) is 0 Å². The Bertz CT molecular complexity index is 654. The number of benzene rings is 1. The van der Waals surface area contributed by atoms with Gasteiger partial charge in [-0.05, 0) is 36.0 Å². The molecule has 2 fully saturated rings. The van der Waals surface area contributed by atoms with Crippen LogP contribution in [0.3, 0.4) is 0 Å². The molecular weight excluding hydrogens is 326 g/mol. The Morgan fingerprint density at radius 1 is 1.12 bits per heavy atom. The summed E-state index contributed by atoms with van der Waals surface area (Å²) in [5.74, 6) is 0.661. The molecule has 0 bridgehead atoms. The second kappa shape index (κ2) is 8.49. The summed E-state index contributed by atoms with van der Waals surface area (Å²) in [4.78, 5) is 28.2. The molecule has 1 saturated carbocycles. The van der Waals surface area contributed by atoms with E-state index in [1.54, 1.807) is 6.08 Å². The van der Waals surface area contributed by atoms with Gasteiger partial charge in [0.1, 0.15) is 0 Å². The summed E-state index contributed by atoms with van der Waals surface area (Å²) < 4.78 is 0. The third-order valence-electron chi connectivity index (χ3n) is 5.02. The molecule has 0 radical (unpaired) electrons. The van der Waals surface area contributed by atoms with Gasteiger partial charge in [0, 0.05) is 38.3 Å². The van der Waals surface area contributed by atoms with Crippen LogP contribution in [0.1, 0.15) is 43.7 Å². The van der Waals surface area contributed by atoms with E-state index in [0.29, 0.717) is 31.6 Å². The fraction of sp³-hybridized carbons (Fsp3) is 0.524. The van der Waals surface area contributed by atoms with Crippen molar-refractivity contribution in [3.8, 4) is 0 Å². The lowest BCUT2D eigenvalue weighted by Gasteiger charge is -2.33. The lowest BCUT2D eigenvalue weighted by molar-refractivity contribution is -0.128. The number of hydrogen-bond acceptors (Lipinski definition) is 3. The quantitative estimate of drug-likeness (QED) is 0.797. The van der Waals surface area contributed by atoms with Crippen LogP contribution in [0.15, 0.2) is 30.3 Å². The van der Waals surface area contributed by atoms with E-state index in [0.717, 1.165) is 31.5 Å². The van der Waals surface area contributed by atoms with Gasteiger partial charge in [-0.2, -0.15) is 0 Å². The zero-order chi connectivity index (χ0) is 18.5. The van der Waals surface area contributed by atoms with Gasteiger partial charge in [-0.3, -0.25) is 14.5 Å². The molecule has 1 saturated heterocycles. The molecule has 0 aromatic heterocycles. The van der Waals surface area contributed by atoms with E-state index >= 15 is 0 Å². The van der Waals surface area contributed by atoms with E-state index in [4.69, 9.17) is 0 Å². The van der Waals surface area contributed by atoms with Gasteiger partial charge >= 0.3 is 0 Å². The second-order valence-electron chi connectivity index (χ2n) is 7.60. The van der Waals surface area contributed by atoms with Crippen molar-refractivity contribution in [2.45, 2.75) is 38.6 Å². The highest BCUT2D eigenvalue weighted by Gasteiger charge is 2.25. The third kappa shape index (κ3) is 5.43. The smallest absolute Gasteiger partial charge is 0.246 e. The van der Waals surface area contributed by atoms with E-state index in [-0.39, 0.29) is 11.8 Å². The average molecular weight is 355 g/mol. The van der Waals surface area contributed by atoms with E-state index < -0.39 is 0 Å². The maximum atomic E-state index is 12.4. The Morgan fingerprint density at radius 3 is 2.35 bits per heavy atom. The summed E-state index contributed by atoms with van der Waals surface area (Å²) in [5.41, 5.74) is 2.34. The Balaban J connectivity index is 1.43. The molecular formula is C21H29N3O2. The summed E-state index contributed by atoms with van der Waals surface area (Å²) in [7, 11) is 0. The van der Waals surface area contributed by atoms with Crippen LogP contribution in [-0.2, 0) is 9.59 Å². The molecule has 1 N–H and O–H groups in total. The Labute approximate surface area is 156 Å². The van der Waals surface area contributed by atoms with Crippen LogP contribution in [0.5, 0.6) is 0 Å². The van der Waals surface area contributed by atoms with E-state index in [1.807, 2.05) is 11.0 Å². The molecule has 5 nitrogen and oxygen atoms in total. The third-order valence-corrected chi connectivity index (χ3v) is 5.02. The number of amides is 2. The van der Waals surface area contributed by atoms with E-state index in [1.165, 1.54) is 5.56 Å². The number of hydrogen-bond donors (Lipinski definition) is 1. The summed E-state index contributed by atoms with van der Waals surface area (Å²) in [5, 5.41) is 3.01. The van der Waals surface area contributed by atoms with Crippen molar-refractivity contribution < 1.29 is 9.59 Å². The molecule has 5 heteroatoms. The van der Waals surface area contributed by atoms with Gasteiger partial charge in [0.2, 0.25) is 11.8 Å². The summed E-state index contributed by atoms with van der Waals surface area (Å²) in [6.45, 7) is 7.63. The topological polar surface area (TPSA) is 52.7 Å². The molecule has 140 valence electrons. The van der Waals surface area contributed by atoms with Crippen molar-refractivity contribution in [3.05, 3.63) is 41.5 Å². The largest absolute Gasteiger partial charge is 0.352 e. The van der Waals surface area contributed by atoms with Gasteiger partial charge < -0.3 is 10.2 Å². The minimum Gasteiger partial charge on any atom is -0.352 e. The van der Waals surface area contributed by atoms with Crippen molar-refractivity contribution in [1.82, 2.24) is 15.1 Å². The van der Waals surface area contributed by atoms with Crippen molar-refractivity contribution in [3.63, 3.8) is 0 Å². The van der Waals surface area contributed by atoms with Crippen molar-refractivity contribution in [1.29, 1.82) is 0 Å². The number of nitrogens with one attached hydrogen (secondary N) is 1. The van der Waals surface area contributed by atoms with Gasteiger partial charge in [0.15, 0.2) is 0 Å². The van der Waals surface area contributed by atoms with Crippen LogP contribution in [0.2, 0.25) is 0 Å². The molecule has 3 rings (SSSR count). The first-order valence-electron chi connectivity index (χ1n) is 9.60. The summed E-state index contributed by atoms with van der Waals surface area (Å²) >= 11 is 0. The zero-order valence-electron chi connectivity index (χ0n) is 15.8. The number of carbonyl (C=O) groups excluding carboxylic acids is 2. The van der Waals surface area contributed by atoms with Crippen LogP contribution < -0.4 is 5.32 Å². The van der Waals surface area contributed by atoms with Crippen LogP contribution >= 0.6 is 0 Å². The second-order valence-corrected chi connectivity index (χ2v) is 7.60. The fourth-order valence-corrected chi connectivity index (χ4v) is 3.10. The van der Waals surface area contributed by atoms with Gasteiger partial charge in [-0.25, -0.2) is 0 Å². The molecule has 2 amide bonds. The van der Waals surface area contributed by atoms with Gasteiger partial charge in [-0.1, -0.05) is 38.1 Å². The standard InChI is InChI=1S/C21H29N3O2/c1-16(2)18-6-3-17(4-7-18)5-10-21(26)24-13-11-23(12-14-24)15-20(25)22-19-8-9-19/h3-7,10,16,19H,8-9,11-15H2,1-2H3,(H,22,25)/b10-5+. The first kappa shape index (κ1) is 18.6. The van der Waals surface area contributed by atoms with Crippen molar-refractivity contribution in [2.75, 3.05) is 32.7 Å². The molecule has 0 unspecified atom stereocenters. The SMILES string of the molecule is CC(C)c1ccc(/C=C/C(=O)N2CCN(CC(=O)NC3CC3)CC2)cc1. The lowest BCUT2D eigenvalue weighted by Crippen LogP contribution is -2.51. The summed E-state index contributed by atoms with van der Waals surface area (Å²) in [6.07, 6.45) is 5.75. The van der Waals surface area contributed by atoms with Crippen molar-refractivity contribution >= 4 is 17.9 Å². The fourth-order valence-electron chi connectivity index (χ4n) is 3.10. The zero-order valence-corrected chi connectivity index (χ0v) is 15.8. The highest BCUT2D eigenvalue weighted by Crippen LogP contribution is 2.18. The van der Waals surface area contributed by atoms with Crippen LogP contribution in [-0.4, -0.2) is 60.4 Å². The van der Waals surface area contributed by atoms with Crippen molar-refractivity contribution in [2.24, 2.45) is 0 Å². The average Bonchev–Trinajstić information content (AvgIpc) is 3.44. The first-order valence-corrected chi connectivity index (χ1v) is 9.60. The molecule has 1 aromatic carbocycles. The Kier molecular flexibility index (Phi) is 6.09. The highest BCUT2D eigenvalue weighted by molar-refractivity contribution is 5.91. The Hall–Kier alpha value is -2.14. The lowest BCUT2D eigenvalue weighted by atomic mass is 10.0. The predicted molar refractivity (Wildman–Crippen MR) is 104 cm³/mol. The van der Waals surface area contributed by atoms with Crippen LogP contribution in [0.25, 0.3) is 6.08 Å². The molecule has 1 aliphatic carbocycles. The monoisotopic (exact) mass is 355 g/mol. The first-order chi connectivity index (χ1) is 12.5. The number of piperazine rings is 1. The molecule has 0 spiro atoms. The number of nitrogens with zero attached hydrogens (tertiary/aromatic N) is 2. The molecule has 1 heterocycles. The molecule has 26 heavy (non-hydrogen) atoms. The van der Waals surface area contributed by atoms with E-state index in [9.17, 15) is 9.59 Å². The molecule has 2 aliphatic rings. The maximum Gasteiger partial charge on any atom is 0.246 e. The van der Waals surface area contributed by atoms with Gasteiger partial charge in [-0.15, -0.1) is 0 Å².